The third-order valence-corrected chi connectivity index (χ3v) is 6.04. The van der Waals surface area contributed by atoms with Crippen LogP contribution in [0.2, 0.25) is 10.0 Å². The molecule has 0 spiro atoms. The Morgan fingerprint density at radius 2 is 1.58 bits per heavy atom. The van der Waals surface area contributed by atoms with Gasteiger partial charge in [0.05, 0.1) is 17.4 Å². The number of hydroxylamine groups is 1. The van der Waals surface area contributed by atoms with Crippen molar-refractivity contribution in [3.05, 3.63) is 94.2 Å². The van der Waals surface area contributed by atoms with Crippen LogP contribution in [0.5, 0.6) is 0 Å². The Morgan fingerprint density at radius 3 is 2.29 bits per heavy atom. The number of benzene rings is 3. The number of fused-ring (bicyclic) bond motifs is 1. The van der Waals surface area contributed by atoms with E-state index in [0.717, 1.165) is 11.0 Å². The molecule has 0 saturated carbocycles. The molecule has 2 saturated heterocycles. The topological polar surface area (TPSA) is 49.9 Å². The number of hydrogen-bond acceptors (Lipinski definition) is 4. The molecule has 0 N–H and O–H groups in total. The van der Waals surface area contributed by atoms with E-state index in [9.17, 15) is 14.0 Å². The van der Waals surface area contributed by atoms with E-state index in [2.05, 4.69) is 0 Å². The van der Waals surface area contributed by atoms with E-state index in [1.54, 1.807) is 23.3 Å². The molecule has 3 aromatic rings. The van der Waals surface area contributed by atoms with Crippen LogP contribution in [0.4, 0.5) is 15.8 Å². The lowest BCUT2D eigenvalue weighted by Gasteiger charge is -2.29. The Kier molecular flexibility index (Phi) is 4.93. The van der Waals surface area contributed by atoms with Crippen LogP contribution in [0.15, 0.2) is 72.8 Å². The number of rotatable bonds is 3. The first kappa shape index (κ1) is 20.0. The zero-order valence-corrected chi connectivity index (χ0v) is 17.4. The molecule has 0 aliphatic carbocycles. The molecular weight excluding hydrogens is 442 g/mol. The van der Waals surface area contributed by atoms with Crippen molar-refractivity contribution in [2.24, 2.45) is 5.92 Å². The van der Waals surface area contributed by atoms with Gasteiger partial charge in [-0.2, -0.15) is 0 Å². The van der Waals surface area contributed by atoms with Gasteiger partial charge >= 0.3 is 0 Å². The van der Waals surface area contributed by atoms with Gasteiger partial charge in [0, 0.05) is 10.0 Å². The quantitative estimate of drug-likeness (QED) is 0.509. The molecule has 31 heavy (non-hydrogen) atoms. The average molecular weight is 457 g/mol. The lowest BCUT2D eigenvalue weighted by Crippen LogP contribution is -2.37. The molecule has 0 aromatic heterocycles. The van der Waals surface area contributed by atoms with Gasteiger partial charge in [0.15, 0.2) is 6.10 Å². The molecule has 8 heteroatoms. The van der Waals surface area contributed by atoms with Gasteiger partial charge in [0.2, 0.25) is 5.91 Å². The molecular formula is C23H15Cl2FN2O3. The summed E-state index contributed by atoms with van der Waals surface area (Å²) in [6.07, 6.45) is -1.06. The fourth-order valence-corrected chi connectivity index (χ4v) is 4.66. The van der Waals surface area contributed by atoms with Crippen LogP contribution in [0, 0.1) is 11.7 Å². The average Bonchev–Trinajstić information content (AvgIpc) is 3.25. The van der Waals surface area contributed by atoms with Crippen LogP contribution in [0.25, 0.3) is 0 Å². The first-order valence-corrected chi connectivity index (χ1v) is 10.3. The van der Waals surface area contributed by atoms with E-state index < -0.39 is 35.7 Å². The number of imide groups is 1. The first-order valence-electron chi connectivity index (χ1n) is 9.55. The predicted octanol–water partition coefficient (Wildman–Crippen LogP) is 5.18. The fourth-order valence-electron chi connectivity index (χ4n) is 4.14. The summed E-state index contributed by atoms with van der Waals surface area (Å²) in [5.41, 5.74) is 1.44. The van der Waals surface area contributed by atoms with E-state index in [1.165, 1.54) is 18.2 Å². The summed E-state index contributed by atoms with van der Waals surface area (Å²) < 4.78 is 13.8. The third kappa shape index (κ3) is 3.28. The smallest absolute Gasteiger partial charge is 0.266 e. The normalized spacial score (nSPS) is 22.9. The lowest BCUT2D eigenvalue weighted by molar-refractivity contribution is -0.126. The summed E-state index contributed by atoms with van der Waals surface area (Å²) in [6, 6.07) is 18.8. The summed E-state index contributed by atoms with van der Waals surface area (Å²) in [7, 11) is 0. The molecule has 5 rings (SSSR count). The lowest BCUT2D eigenvalue weighted by atomic mass is 9.90. The minimum atomic E-state index is -1.06. The number of hydrogen-bond donors (Lipinski definition) is 0. The Bertz CT molecular complexity index is 1190. The molecule has 0 radical (unpaired) electrons. The van der Waals surface area contributed by atoms with E-state index in [4.69, 9.17) is 28.0 Å². The van der Waals surface area contributed by atoms with Gasteiger partial charge in [-0.25, -0.2) is 14.4 Å². The number of amides is 2. The monoisotopic (exact) mass is 456 g/mol. The van der Waals surface area contributed by atoms with E-state index in [-0.39, 0.29) is 5.69 Å². The SMILES string of the molecule is O=C1[C@H]2[C@@H](c3ccc(Cl)cc3Cl)N(c3ccccc3)O[C@H]2C(=O)N1c1cccc(F)c1. The van der Waals surface area contributed by atoms with Crippen molar-refractivity contribution in [3.63, 3.8) is 0 Å². The summed E-state index contributed by atoms with van der Waals surface area (Å²) in [4.78, 5) is 33.6. The maximum absolute atomic E-state index is 13.8. The molecule has 156 valence electrons. The number of para-hydroxylation sites is 1. The molecule has 3 atom stereocenters. The fraction of sp³-hybridized carbons (Fsp3) is 0.130. The van der Waals surface area contributed by atoms with Crippen LogP contribution in [0.3, 0.4) is 0 Å². The molecule has 0 bridgehead atoms. The predicted molar refractivity (Wildman–Crippen MR) is 115 cm³/mol. The molecule has 2 amide bonds. The third-order valence-electron chi connectivity index (χ3n) is 5.47. The van der Waals surface area contributed by atoms with Crippen molar-refractivity contribution in [1.82, 2.24) is 0 Å². The second-order valence-corrected chi connectivity index (χ2v) is 8.16. The highest BCUT2D eigenvalue weighted by Gasteiger charge is 2.60. The number of halogens is 3. The van der Waals surface area contributed by atoms with Crippen LogP contribution in [-0.4, -0.2) is 17.9 Å². The van der Waals surface area contributed by atoms with E-state index in [0.29, 0.717) is 21.3 Å². The Hall–Kier alpha value is -2.93. The van der Waals surface area contributed by atoms with Crippen molar-refractivity contribution < 1.29 is 18.8 Å². The second-order valence-electron chi connectivity index (χ2n) is 7.32. The number of carbonyl (C=O) groups is 2. The van der Waals surface area contributed by atoms with Gasteiger partial charge < -0.3 is 0 Å². The van der Waals surface area contributed by atoms with Gasteiger partial charge in [0.25, 0.3) is 5.91 Å². The first-order chi connectivity index (χ1) is 15.0. The minimum Gasteiger partial charge on any atom is -0.273 e. The van der Waals surface area contributed by atoms with Crippen molar-refractivity contribution in [2.45, 2.75) is 12.1 Å². The van der Waals surface area contributed by atoms with E-state index >= 15 is 0 Å². The summed E-state index contributed by atoms with van der Waals surface area (Å²) in [5.74, 6) is -2.43. The van der Waals surface area contributed by atoms with Crippen molar-refractivity contribution in [3.8, 4) is 0 Å². The van der Waals surface area contributed by atoms with Gasteiger partial charge in [-0.05, 0) is 48.0 Å². The van der Waals surface area contributed by atoms with Crippen LogP contribution < -0.4 is 9.96 Å². The molecule has 2 aliphatic heterocycles. The minimum absolute atomic E-state index is 0.167. The van der Waals surface area contributed by atoms with Crippen molar-refractivity contribution in [2.75, 3.05) is 9.96 Å². The summed E-state index contributed by atoms with van der Waals surface area (Å²) in [6.45, 7) is 0. The zero-order chi connectivity index (χ0) is 21.7. The highest BCUT2D eigenvalue weighted by Crippen LogP contribution is 2.49. The zero-order valence-electron chi connectivity index (χ0n) is 15.9. The van der Waals surface area contributed by atoms with Crippen LogP contribution >= 0.6 is 23.2 Å². The number of nitrogens with zero attached hydrogens (tertiary/aromatic N) is 2. The summed E-state index contributed by atoms with van der Waals surface area (Å²) >= 11 is 12.5. The highest BCUT2D eigenvalue weighted by atomic mass is 35.5. The second kappa shape index (κ2) is 7.64. The molecule has 2 fully saturated rings. The maximum Gasteiger partial charge on any atom is 0.266 e. The largest absolute Gasteiger partial charge is 0.273 e. The Labute approximate surface area is 187 Å². The maximum atomic E-state index is 13.8. The van der Waals surface area contributed by atoms with E-state index in [1.807, 2.05) is 30.3 Å². The molecule has 2 heterocycles. The standard InChI is InChI=1S/C23H15Cl2FN2O3/c24-13-9-10-17(18(25)11-13)20-19-21(31-28(20)15-6-2-1-3-7-15)23(30)27(22(19)29)16-8-4-5-14(26)12-16/h1-12,19-21H/t19-,20+,21+/m0/s1. The molecule has 3 aromatic carbocycles. The number of carbonyl (C=O) groups excluding carboxylic acids is 2. The van der Waals surface area contributed by atoms with Gasteiger partial charge in [-0.3, -0.25) is 14.4 Å². The Morgan fingerprint density at radius 1 is 0.839 bits per heavy atom. The van der Waals surface area contributed by atoms with Crippen LogP contribution in [0.1, 0.15) is 11.6 Å². The molecule has 0 unspecified atom stereocenters. The van der Waals surface area contributed by atoms with Gasteiger partial charge in [-0.1, -0.05) is 53.5 Å². The van der Waals surface area contributed by atoms with Gasteiger partial charge in [-0.15, -0.1) is 0 Å². The molecule has 2 aliphatic rings. The summed E-state index contributed by atoms with van der Waals surface area (Å²) in [5, 5.41) is 2.35. The molecule has 5 nitrogen and oxygen atoms in total. The van der Waals surface area contributed by atoms with Crippen molar-refractivity contribution in [1.29, 1.82) is 0 Å². The van der Waals surface area contributed by atoms with Crippen LogP contribution in [-0.2, 0) is 14.4 Å². The van der Waals surface area contributed by atoms with Crippen molar-refractivity contribution >= 4 is 46.4 Å². The Balaban J connectivity index is 1.62. The highest BCUT2D eigenvalue weighted by molar-refractivity contribution is 6.35. The van der Waals surface area contributed by atoms with Gasteiger partial charge in [0.1, 0.15) is 11.7 Å². The number of anilines is 2.